The lowest BCUT2D eigenvalue weighted by molar-refractivity contribution is -0.0553. The van der Waals surface area contributed by atoms with Gasteiger partial charge in [-0.15, -0.1) is 0 Å². The van der Waals surface area contributed by atoms with Gasteiger partial charge >= 0.3 is 0 Å². The van der Waals surface area contributed by atoms with Crippen LogP contribution in [0, 0.1) is 0 Å². The summed E-state index contributed by atoms with van der Waals surface area (Å²) in [6.45, 7) is 0.0700. The monoisotopic (exact) mass is 178 g/mol. The second-order valence-electron chi connectivity index (χ2n) is 3.51. The summed E-state index contributed by atoms with van der Waals surface area (Å²) in [7, 11) is 1.66. The quantitative estimate of drug-likeness (QED) is 0.743. The van der Waals surface area contributed by atoms with Crippen LogP contribution in [0.4, 0.5) is 0 Å². The normalized spacial score (nSPS) is 26.0. The van der Waals surface area contributed by atoms with E-state index in [1.807, 2.05) is 18.2 Å². The zero-order chi connectivity index (χ0) is 9.31. The zero-order valence-corrected chi connectivity index (χ0v) is 7.79. The van der Waals surface area contributed by atoms with Crippen LogP contribution in [0.25, 0.3) is 0 Å². The fourth-order valence-corrected chi connectivity index (χ4v) is 2.09. The van der Waals surface area contributed by atoms with Gasteiger partial charge in [-0.05, 0) is 24.0 Å². The second-order valence-corrected chi connectivity index (χ2v) is 3.51. The summed E-state index contributed by atoms with van der Waals surface area (Å²) in [5.74, 6) is 0. The van der Waals surface area contributed by atoms with Crippen molar-refractivity contribution in [3.8, 4) is 0 Å². The van der Waals surface area contributed by atoms with Crippen LogP contribution in [0.3, 0.4) is 0 Å². The minimum Gasteiger partial charge on any atom is -0.393 e. The second kappa shape index (κ2) is 3.13. The van der Waals surface area contributed by atoms with Gasteiger partial charge in [-0.3, -0.25) is 0 Å². The van der Waals surface area contributed by atoms with Crippen molar-refractivity contribution in [2.45, 2.75) is 18.4 Å². The van der Waals surface area contributed by atoms with Crippen LogP contribution in [0.5, 0.6) is 0 Å². The number of fused-ring (bicyclic) bond motifs is 1. The summed E-state index contributed by atoms with van der Waals surface area (Å²) >= 11 is 0. The molecule has 13 heavy (non-hydrogen) atoms. The van der Waals surface area contributed by atoms with E-state index in [-0.39, 0.29) is 6.61 Å². The van der Waals surface area contributed by atoms with Crippen molar-refractivity contribution in [2.24, 2.45) is 0 Å². The van der Waals surface area contributed by atoms with E-state index in [9.17, 15) is 5.11 Å². The molecule has 2 rings (SSSR count). The van der Waals surface area contributed by atoms with Crippen molar-refractivity contribution in [3.05, 3.63) is 35.4 Å². The fourth-order valence-electron chi connectivity index (χ4n) is 2.09. The highest BCUT2D eigenvalue weighted by atomic mass is 16.5. The standard InChI is InChI=1S/C11H14O2/c1-13-11(8-12)7-6-9-4-2-3-5-10(9)11/h2-5,12H,6-8H2,1H3. The lowest BCUT2D eigenvalue weighted by atomic mass is 9.97. The van der Waals surface area contributed by atoms with E-state index >= 15 is 0 Å². The molecule has 2 nitrogen and oxygen atoms in total. The van der Waals surface area contributed by atoms with Crippen molar-refractivity contribution in [1.82, 2.24) is 0 Å². The van der Waals surface area contributed by atoms with Gasteiger partial charge in [0.25, 0.3) is 0 Å². The van der Waals surface area contributed by atoms with Crippen molar-refractivity contribution in [2.75, 3.05) is 13.7 Å². The molecule has 0 amide bonds. The van der Waals surface area contributed by atoms with E-state index in [0.29, 0.717) is 0 Å². The Hall–Kier alpha value is -0.860. The molecule has 1 aromatic carbocycles. The summed E-state index contributed by atoms with van der Waals surface area (Å²) in [4.78, 5) is 0. The number of benzene rings is 1. The Kier molecular flexibility index (Phi) is 2.10. The Morgan fingerprint density at radius 3 is 2.92 bits per heavy atom. The van der Waals surface area contributed by atoms with Gasteiger partial charge in [0.15, 0.2) is 0 Å². The van der Waals surface area contributed by atoms with Gasteiger partial charge in [0, 0.05) is 7.11 Å². The molecule has 0 aliphatic heterocycles. The molecule has 1 aromatic rings. The minimum atomic E-state index is -0.434. The average molecular weight is 178 g/mol. The first-order valence-corrected chi connectivity index (χ1v) is 4.57. The molecule has 0 saturated carbocycles. The molecule has 0 saturated heterocycles. The minimum absolute atomic E-state index is 0.0700. The molecule has 0 aromatic heterocycles. The highest BCUT2D eigenvalue weighted by Crippen LogP contribution is 2.38. The van der Waals surface area contributed by atoms with Crippen LogP contribution in [-0.2, 0) is 16.8 Å². The topological polar surface area (TPSA) is 29.5 Å². The van der Waals surface area contributed by atoms with Gasteiger partial charge in [0.2, 0.25) is 0 Å². The lowest BCUT2D eigenvalue weighted by Crippen LogP contribution is -2.29. The Labute approximate surface area is 78.2 Å². The molecule has 0 spiro atoms. The third-order valence-electron chi connectivity index (χ3n) is 2.95. The number of hydrogen-bond donors (Lipinski definition) is 1. The third-order valence-corrected chi connectivity index (χ3v) is 2.95. The molecule has 0 heterocycles. The molecule has 1 aliphatic rings. The van der Waals surface area contributed by atoms with Crippen LogP contribution >= 0.6 is 0 Å². The number of aryl methyl sites for hydroxylation is 1. The van der Waals surface area contributed by atoms with Gasteiger partial charge in [0.05, 0.1) is 6.61 Å². The third kappa shape index (κ3) is 1.18. The predicted octanol–water partition coefficient (Wildman–Crippen LogP) is 1.47. The molecule has 1 unspecified atom stereocenters. The number of methoxy groups -OCH3 is 1. The van der Waals surface area contributed by atoms with Crippen molar-refractivity contribution < 1.29 is 9.84 Å². The van der Waals surface area contributed by atoms with Crippen LogP contribution < -0.4 is 0 Å². The van der Waals surface area contributed by atoms with Crippen LogP contribution in [-0.4, -0.2) is 18.8 Å². The first kappa shape index (κ1) is 8.73. The summed E-state index contributed by atoms with van der Waals surface area (Å²) in [5, 5.41) is 9.34. The Balaban J connectivity index is 2.47. The smallest absolute Gasteiger partial charge is 0.116 e. The van der Waals surface area contributed by atoms with Crippen molar-refractivity contribution in [1.29, 1.82) is 0 Å². The fraction of sp³-hybridized carbons (Fsp3) is 0.455. The van der Waals surface area contributed by atoms with Crippen LogP contribution in [0.2, 0.25) is 0 Å². The number of aliphatic hydroxyl groups excluding tert-OH is 1. The van der Waals surface area contributed by atoms with Crippen molar-refractivity contribution >= 4 is 0 Å². The molecule has 0 radical (unpaired) electrons. The maximum atomic E-state index is 9.34. The molecular weight excluding hydrogens is 164 g/mol. The first-order chi connectivity index (χ1) is 6.32. The van der Waals surface area contributed by atoms with Crippen LogP contribution in [0.1, 0.15) is 17.5 Å². The van der Waals surface area contributed by atoms with Crippen LogP contribution in [0.15, 0.2) is 24.3 Å². The Morgan fingerprint density at radius 1 is 1.46 bits per heavy atom. The zero-order valence-electron chi connectivity index (χ0n) is 7.79. The number of hydrogen-bond acceptors (Lipinski definition) is 2. The molecule has 0 bridgehead atoms. The van der Waals surface area contributed by atoms with E-state index in [4.69, 9.17) is 4.74 Å². The average Bonchev–Trinajstić information content (AvgIpc) is 2.58. The predicted molar refractivity (Wildman–Crippen MR) is 50.5 cm³/mol. The van der Waals surface area contributed by atoms with E-state index in [1.54, 1.807) is 7.11 Å². The Morgan fingerprint density at radius 2 is 2.23 bits per heavy atom. The molecule has 1 atom stereocenters. The summed E-state index contributed by atoms with van der Waals surface area (Å²) in [5.41, 5.74) is 2.02. The molecule has 70 valence electrons. The summed E-state index contributed by atoms with van der Waals surface area (Å²) < 4.78 is 5.42. The first-order valence-electron chi connectivity index (χ1n) is 4.57. The maximum Gasteiger partial charge on any atom is 0.116 e. The number of rotatable bonds is 2. The molecular formula is C11H14O2. The molecule has 1 N–H and O–H groups in total. The van der Waals surface area contributed by atoms with Gasteiger partial charge in [-0.25, -0.2) is 0 Å². The largest absolute Gasteiger partial charge is 0.393 e. The molecule has 2 heteroatoms. The van der Waals surface area contributed by atoms with E-state index in [1.165, 1.54) is 5.56 Å². The van der Waals surface area contributed by atoms with E-state index < -0.39 is 5.60 Å². The maximum absolute atomic E-state index is 9.34. The van der Waals surface area contributed by atoms with Gasteiger partial charge < -0.3 is 9.84 Å². The van der Waals surface area contributed by atoms with Gasteiger partial charge in [-0.1, -0.05) is 24.3 Å². The highest BCUT2D eigenvalue weighted by molar-refractivity contribution is 5.37. The molecule has 1 aliphatic carbocycles. The number of ether oxygens (including phenoxy) is 1. The summed E-state index contributed by atoms with van der Waals surface area (Å²) in [6, 6.07) is 8.17. The number of aliphatic hydroxyl groups is 1. The lowest BCUT2D eigenvalue weighted by Gasteiger charge is -2.26. The SMILES string of the molecule is COC1(CO)CCc2ccccc21. The highest BCUT2D eigenvalue weighted by Gasteiger charge is 2.37. The Bertz CT molecular complexity index is 303. The van der Waals surface area contributed by atoms with Gasteiger partial charge in [0.1, 0.15) is 5.60 Å². The van der Waals surface area contributed by atoms with Gasteiger partial charge in [-0.2, -0.15) is 0 Å². The van der Waals surface area contributed by atoms with E-state index in [0.717, 1.165) is 18.4 Å². The summed E-state index contributed by atoms with van der Waals surface area (Å²) in [6.07, 6.45) is 1.89. The van der Waals surface area contributed by atoms with Crippen molar-refractivity contribution in [3.63, 3.8) is 0 Å². The molecule has 0 fully saturated rings. The van der Waals surface area contributed by atoms with E-state index in [2.05, 4.69) is 6.07 Å².